The van der Waals surface area contributed by atoms with E-state index in [-0.39, 0.29) is 24.4 Å². The number of hydrogen-bond acceptors (Lipinski definition) is 3. The molecule has 2 aliphatic rings. The van der Waals surface area contributed by atoms with Crippen LogP contribution >= 0.6 is 12.4 Å². The molecule has 0 bridgehead atoms. The normalized spacial score (nSPS) is 25.0. The molecule has 116 valence electrons. The number of piperidine rings is 1. The van der Waals surface area contributed by atoms with Crippen molar-refractivity contribution < 1.29 is 9.90 Å². The fourth-order valence-electron chi connectivity index (χ4n) is 3.33. The molecule has 4 nitrogen and oxygen atoms in total. The number of benzene rings is 1. The van der Waals surface area contributed by atoms with Crippen molar-refractivity contribution in [2.75, 3.05) is 13.1 Å². The molecule has 1 aliphatic heterocycles. The van der Waals surface area contributed by atoms with Crippen LogP contribution in [-0.2, 0) is 11.2 Å². The average Bonchev–Trinajstić information content (AvgIpc) is 2.76. The first-order chi connectivity index (χ1) is 9.74. The maximum absolute atomic E-state index is 12.2. The van der Waals surface area contributed by atoms with Crippen molar-refractivity contribution in [1.82, 2.24) is 10.6 Å². The van der Waals surface area contributed by atoms with Crippen molar-refractivity contribution in [2.45, 2.75) is 37.8 Å². The molecule has 1 aromatic carbocycles. The second-order valence-electron chi connectivity index (χ2n) is 5.91. The molecule has 0 radical (unpaired) electrons. The van der Waals surface area contributed by atoms with Crippen LogP contribution in [-0.4, -0.2) is 30.2 Å². The molecular weight excluding hydrogens is 288 g/mol. The highest BCUT2D eigenvalue weighted by atomic mass is 35.5. The van der Waals surface area contributed by atoms with Gasteiger partial charge in [-0.1, -0.05) is 24.3 Å². The molecule has 1 aromatic rings. The van der Waals surface area contributed by atoms with E-state index < -0.39 is 6.10 Å². The molecule has 1 saturated heterocycles. The number of carbonyl (C=O) groups excluding carboxylic acids is 1. The molecule has 0 spiro atoms. The molecule has 3 rings (SSSR count). The molecule has 0 aromatic heterocycles. The van der Waals surface area contributed by atoms with Gasteiger partial charge in [0.25, 0.3) is 0 Å². The van der Waals surface area contributed by atoms with Gasteiger partial charge in [-0.25, -0.2) is 0 Å². The van der Waals surface area contributed by atoms with Crippen molar-refractivity contribution in [3.8, 4) is 0 Å². The molecule has 0 unspecified atom stereocenters. The number of nitrogens with one attached hydrogen (secondary N) is 2. The number of halogens is 1. The van der Waals surface area contributed by atoms with Crippen LogP contribution in [0.1, 0.15) is 36.4 Å². The number of aliphatic hydroxyl groups is 1. The Hall–Kier alpha value is -1.10. The van der Waals surface area contributed by atoms with Gasteiger partial charge >= 0.3 is 0 Å². The Morgan fingerprint density at radius 2 is 2.00 bits per heavy atom. The quantitative estimate of drug-likeness (QED) is 0.794. The molecule has 1 aliphatic carbocycles. The van der Waals surface area contributed by atoms with Gasteiger partial charge in [-0.05, 0) is 43.0 Å². The topological polar surface area (TPSA) is 61.4 Å². The van der Waals surface area contributed by atoms with Crippen LogP contribution in [0.3, 0.4) is 0 Å². The minimum atomic E-state index is -0.496. The third kappa shape index (κ3) is 3.76. The number of rotatable bonds is 3. The lowest BCUT2D eigenvalue weighted by Crippen LogP contribution is -2.36. The van der Waals surface area contributed by atoms with Crippen LogP contribution in [0, 0.1) is 5.92 Å². The van der Waals surface area contributed by atoms with E-state index in [1.807, 2.05) is 24.3 Å². The third-order valence-corrected chi connectivity index (χ3v) is 4.45. The van der Waals surface area contributed by atoms with E-state index in [1.54, 1.807) is 0 Å². The van der Waals surface area contributed by atoms with Crippen LogP contribution in [0.4, 0.5) is 0 Å². The molecule has 1 heterocycles. The van der Waals surface area contributed by atoms with Crippen LogP contribution in [0.5, 0.6) is 0 Å². The summed E-state index contributed by atoms with van der Waals surface area (Å²) in [4.78, 5) is 12.2. The zero-order valence-corrected chi connectivity index (χ0v) is 12.9. The van der Waals surface area contributed by atoms with Gasteiger partial charge < -0.3 is 15.7 Å². The Bertz CT molecular complexity index is 489. The number of amides is 1. The van der Waals surface area contributed by atoms with Gasteiger partial charge in [0.05, 0.1) is 12.1 Å². The second-order valence-corrected chi connectivity index (χ2v) is 5.91. The van der Waals surface area contributed by atoms with Crippen LogP contribution in [0.15, 0.2) is 24.3 Å². The van der Waals surface area contributed by atoms with Crippen LogP contribution in [0.2, 0.25) is 0 Å². The van der Waals surface area contributed by atoms with Gasteiger partial charge in [-0.2, -0.15) is 0 Å². The average molecular weight is 311 g/mol. The van der Waals surface area contributed by atoms with E-state index in [2.05, 4.69) is 10.6 Å². The molecule has 1 fully saturated rings. The summed E-state index contributed by atoms with van der Waals surface area (Å²) in [5.41, 5.74) is 2.21. The van der Waals surface area contributed by atoms with Crippen molar-refractivity contribution in [1.29, 1.82) is 0 Å². The largest absolute Gasteiger partial charge is 0.390 e. The molecule has 3 N–H and O–H groups in total. The fourth-order valence-corrected chi connectivity index (χ4v) is 3.33. The summed E-state index contributed by atoms with van der Waals surface area (Å²) in [6.07, 6.45) is 2.85. The van der Waals surface area contributed by atoms with Crippen molar-refractivity contribution in [3.05, 3.63) is 35.4 Å². The third-order valence-electron chi connectivity index (χ3n) is 4.45. The summed E-state index contributed by atoms with van der Waals surface area (Å²) in [5.74, 6) is 0.544. The van der Waals surface area contributed by atoms with E-state index in [0.717, 1.165) is 37.1 Å². The van der Waals surface area contributed by atoms with E-state index in [4.69, 9.17) is 0 Å². The second kappa shape index (κ2) is 7.25. The van der Waals surface area contributed by atoms with Gasteiger partial charge in [0.2, 0.25) is 5.91 Å². The highest BCUT2D eigenvalue weighted by molar-refractivity contribution is 5.85. The lowest BCUT2D eigenvalue weighted by atomic mass is 9.94. The zero-order chi connectivity index (χ0) is 13.9. The number of carbonyl (C=O) groups is 1. The minimum Gasteiger partial charge on any atom is -0.390 e. The molecular formula is C16H23ClN2O2. The first-order valence-corrected chi connectivity index (χ1v) is 7.50. The first-order valence-electron chi connectivity index (χ1n) is 7.50. The summed E-state index contributed by atoms with van der Waals surface area (Å²) < 4.78 is 0. The van der Waals surface area contributed by atoms with E-state index in [0.29, 0.717) is 18.8 Å². The summed E-state index contributed by atoms with van der Waals surface area (Å²) in [7, 11) is 0. The molecule has 5 heteroatoms. The van der Waals surface area contributed by atoms with Gasteiger partial charge in [-0.15, -0.1) is 12.4 Å². The summed E-state index contributed by atoms with van der Waals surface area (Å²) >= 11 is 0. The molecule has 0 saturated carbocycles. The summed E-state index contributed by atoms with van der Waals surface area (Å²) in [6.45, 7) is 2.01. The molecule has 1 amide bonds. The molecule has 21 heavy (non-hydrogen) atoms. The smallest absolute Gasteiger partial charge is 0.220 e. The number of fused-ring (bicyclic) bond motifs is 1. The highest BCUT2D eigenvalue weighted by Crippen LogP contribution is 2.31. The van der Waals surface area contributed by atoms with Crippen molar-refractivity contribution in [3.63, 3.8) is 0 Å². The van der Waals surface area contributed by atoms with Crippen molar-refractivity contribution in [2.24, 2.45) is 5.92 Å². The monoisotopic (exact) mass is 310 g/mol. The maximum atomic E-state index is 12.2. The van der Waals surface area contributed by atoms with Gasteiger partial charge in [0.15, 0.2) is 0 Å². The lowest BCUT2D eigenvalue weighted by molar-refractivity contribution is -0.123. The Morgan fingerprint density at radius 1 is 1.29 bits per heavy atom. The van der Waals surface area contributed by atoms with E-state index >= 15 is 0 Å². The standard InChI is InChI=1S/C16H22N2O2.ClH/c19-14-10-12-3-1-2-4-13(12)16(14)18-15(20)9-11-5-7-17-8-6-11;/h1-4,11,14,16-17,19H,5-10H2,(H,18,20);1H/t14-,16+;/m0./s1. The fraction of sp³-hybridized carbons (Fsp3) is 0.562. The van der Waals surface area contributed by atoms with Gasteiger partial charge in [-0.3, -0.25) is 4.79 Å². The van der Waals surface area contributed by atoms with Crippen LogP contribution < -0.4 is 10.6 Å². The van der Waals surface area contributed by atoms with Crippen molar-refractivity contribution >= 4 is 18.3 Å². The SMILES string of the molecule is Cl.O=C(CC1CCNCC1)N[C@@H]1c2ccccc2C[C@@H]1O. The Balaban J connectivity index is 0.00000161. The lowest BCUT2D eigenvalue weighted by Gasteiger charge is -2.24. The van der Waals surface area contributed by atoms with Gasteiger partial charge in [0.1, 0.15) is 0 Å². The Morgan fingerprint density at radius 3 is 2.76 bits per heavy atom. The van der Waals surface area contributed by atoms with Crippen LogP contribution in [0.25, 0.3) is 0 Å². The summed E-state index contributed by atoms with van der Waals surface area (Å²) in [6, 6.07) is 7.73. The zero-order valence-electron chi connectivity index (χ0n) is 12.0. The Kier molecular flexibility index (Phi) is 5.62. The highest BCUT2D eigenvalue weighted by Gasteiger charge is 2.32. The summed E-state index contributed by atoms with van der Waals surface area (Å²) in [5, 5.41) is 16.5. The predicted octanol–water partition coefficient (Wildman–Crippen LogP) is 1.57. The van der Waals surface area contributed by atoms with Gasteiger partial charge in [0, 0.05) is 12.8 Å². The Labute approximate surface area is 131 Å². The first kappa shape index (κ1) is 16.3. The molecule has 2 atom stereocenters. The van der Waals surface area contributed by atoms with E-state index in [1.165, 1.54) is 0 Å². The minimum absolute atomic E-state index is 0. The predicted molar refractivity (Wildman–Crippen MR) is 84.5 cm³/mol. The number of hydrogen-bond donors (Lipinski definition) is 3. The maximum Gasteiger partial charge on any atom is 0.220 e. The van der Waals surface area contributed by atoms with E-state index in [9.17, 15) is 9.90 Å². The number of aliphatic hydroxyl groups excluding tert-OH is 1.